The van der Waals surface area contributed by atoms with Crippen molar-refractivity contribution in [2.24, 2.45) is 0 Å². The topological polar surface area (TPSA) is 88.2 Å². The average Bonchev–Trinajstić information content (AvgIpc) is 3.26. The smallest absolute Gasteiger partial charge is 0.251 e. The van der Waals surface area contributed by atoms with Gasteiger partial charge in [0.1, 0.15) is 10.6 Å². The fourth-order valence-corrected chi connectivity index (χ4v) is 5.74. The summed E-state index contributed by atoms with van der Waals surface area (Å²) in [4.78, 5) is 15.2. The van der Waals surface area contributed by atoms with Crippen molar-refractivity contribution in [2.45, 2.75) is 23.9 Å². The second kappa shape index (κ2) is 9.99. The first-order chi connectivity index (χ1) is 15.5. The van der Waals surface area contributed by atoms with Crippen LogP contribution in [0.3, 0.4) is 0 Å². The number of carbonyl (C=O) groups is 1. The number of ether oxygens (including phenoxy) is 2. The van der Waals surface area contributed by atoms with Crippen LogP contribution in [0.15, 0.2) is 53.4 Å². The van der Waals surface area contributed by atoms with E-state index in [1.54, 1.807) is 12.1 Å². The summed E-state index contributed by atoms with van der Waals surface area (Å²) in [5.74, 6) is -0.0550. The molecule has 2 aliphatic heterocycles. The van der Waals surface area contributed by atoms with Crippen molar-refractivity contribution in [3.63, 3.8) is 0 Å². The summed E-state index contributed by atoms with van der Waals surface area (Å²) < 4.78 is 38.2. The van der Waals surface area contributed by atoms with Crippen LogP contribution in [0.25, 0.3) is 0 Å². The summed E-state index contributed by atoms with van der Waals surface area (Å²) in [5.41, 5.74) is 1.55. The third-order valence-electron chi connectivity index (χ3n) is 5.87. The zero-order valence-corrected chi connectivity index (χ0v) is 19.0. The maximum atomic E-state index is 13.2. The van der Waals surface area contributed by atoms with Gasteiger partial charge < -0.3 is 14.8 Å². The maximum absolute atomic E-state index is 13.2. The summed E-state index contributed by atoms with van der Waals surface area (Å²) in [6.07, 6.45) is 0.855. The molecule has 1 amide bonds. The largest absolute Gasteiger partial charge is 0.495 e. The van der Waals surface area contributed by atoms with E-state index in [4.69, 9.17) is 9.47 Å². The highest BCUT2D eigenvalue weighted by Gasteiger charge is 2.31. The first-order valence-corrected chi connectivity index (χ1v) is 12.2. The van der Waals surface area contributed by atoms with Crippen LogP contribution in [-0.2, 0) is 21.3 Å². The number of morpholine rings is 1. The summed E-state index contributed by atoms with van der Waals surface area (Å²) in [7, 11) is -2.37. The number of sulfonamides is 1. The number of rotatable bonds is 7. The summed E-state index contributed by atoms with van der Waals surface area (Å²) in [5, 5.41) is 3.06. The molecule has 8 nitrogen and oxygen atoms in total. The molecule has 32 heavy (non-hydrogen) atoms. The molecular formula is C23H29N3O5S. The van der Waals surface area contributed by atoms with E-state index in [0.717, 1.165) is 26.1 Å². The molecule has 0 saturated carbocycles. The fourth-order valence-electron chi connectivity index (χ4n) is 4.15. The van der Waals surface area contributed by atoms with E-state index in [9.17, 15) is 13.2 Å². The van der Waals surface area contributed by atoms with Gasteiger partial charge in [0, 0.05) is 44.3 Å². The van der Waals surface area contributed by atoms with E-state index < -0.39 is 10.0 Å². The van der Waals surface area contributed by atoms with Crippen molar-refractivity contribution in [3.05, 3.63) is 59.7 Å². The molecule has 0 unspecified atom stereocenters. The van der Waals surface area contributed by atoms with Crippen molar-refractivity contribution < 1.29 is 22.7 Å². The van der Waals surface area contributed by atoms with Gasteiger partial charge in [0.05, 0.1) is 20.3 Å². The predicted molar refractivity (Wildman–Crippen MR) is 120 cm³/mol. The van der Waals surface area contributed by atoms with E-state index in [-0.39, 0.29) is 35.7 Å². The first-order valence-electron chi connectivity index (χ1n) is 10.8. The molecule has 1 N–H and O–H groups in total. The molecule has 2 aliphatic rings. The second-order valence-corrected chi connectivity index (χ2v) is 9.97. The Kier molecular flexibility index (Phi) is 7.10. The lowest BCUT2D eigenvalue weighted by atomic mass is 10.1. The van der Waals surface area contributed by atoms with Crippen molar-refractivity contribution in [2.75, 3.05) is 46.5 Å². The van der Waals surface area contributed by atoms with Crippen LogP contribution in [0.2, 0.25) is 0 Å². The number of amides is 1. The maximum Gasteiger partial charge on any atom is 0.251 e. The number of carbonyl (C=O) groups excluding carboxylic acids is 1. The number of likely N-dealkylation sites (tertiary alicyclic amines) is 1. The molecule has 1 atom stereocenters. The van der Waals surface area contributed by atoms with Gasteiger partial charge in [0.15, 0.2) is 0 Å². The monoisotopic (exact) mass is 459 g/mol. The van der Waals surface area contributed by atoms with Gasteiger partial charge in [0.2, 0.25) is 10.0 Å². The van der Waals surface area contributed by atoms with Crippen molar-refractivity contribution in [1.29, 1.82) is 0 Å². The first kappa shape index (κ1) is 22.7. The van der Waals surface area contributed by atoms with E-state index in [1.807, 2.05) is 18.2 Å². The van der Waals surface area contributed by atoms with E-state index in [1.165, 1.54) is 23.0 Å². The Morgan fingerprint density at radius 2 is 1.88 bits per heavy atom. The Morgan fingerprint density at radius 1 is 1.12 bits per heavy atom. The molecule has 172 valence electrons. The van der Waals surface area contributed by atoms with Gasteiger partial charge in [-0.3, -0.25) is 9.69 Å². The SMILES string of the molecule is COc1ccc(C(=O)N[C@H]2CCN(Cc3ccccc3)C2)cc1S(=O)(=O)N1CCOCC1. The minimum Gasteiger partial charge on any atom is -0.495 e. The molecule has 0 bridgehead atoms. The molecule has 0 spiro atoms. The molecule has 2 aromatic carbocycles. The molecule has 0 radical (unpaired) electrons. The quantitative estimate of drug-likeness (QED) is 0.678. The molecule has 2 aromatic rings. The van der Waals surface area contributed by atoms with Crippen LogP contribution in [0.1, 0.15) is 22.3 Å². The minimum absolute atomic E-state index is 0.00618. The summed E-state index contributed by atoms with van der Waals surface area (Å²) in [6.45, 7) is 3.76. The molecule has 0 aromatic heterocycles. The van der Waals surface area contributed by atoms with Gasteiger partial charge >= 0.3 is 0 Å². The standard InChI is InChI=1S/C23H29N3O5S/c1-30-21-8-7-19(15-22(21)32(28,29)26-11-13-31-14-12-26)23(27)24-20-9-10-25(17-20)16-18-5-3-2-4-6-18/h2-8,15,20H,9-14,16-17H2,1H3,(H,24,27)/t20-/m0/s1. The van der Waals surface area contributed by atoms with Crippen molar-refractivity contribution in [1.82, 2.24) is 14.5 Å². The lowest BCUT2D eigenvalue weighted by Crippen LogP contribution is -2.41. The third-order valence-corrected chi connectivity index (χ3v) is 7.79. The van der Waals surface area contributed by atoms with Crippen LogP contribution in [-0.4, -0.2) is 76.1 Å². The van der Waals surface area contributed by atoms with E-state index in [0.29, 0.717) is 18.8 Å². The normalized spacial score (nSPS) is 20.2. The highest BCUT2D eigenvalue weighted by molar-refractivity contribution is 7.89. The Balaban J connectivity index is 1.44. The van der Waals surface area contributed by atoms with E-state index in [2.05, 4.69) is 22.3 Å². The summed E-state index contributed by atoms with van der Waals surface area (Å²) >= 11 is 0. The van der Waals surface area contributed by atoms with Crippen LogP contribution < -0.4 is 10.1 Å². The number of hydrogen-bond donors (Lipinski definition) is 1. The molecule has 2 fully saturated rings. The van der Waals surface area contributed by atoms with Gasteiger partial charge in [0.25, 0.3) is 5.91 Å². The van der Waals surface area contributed by atoms with Gasteiger partial charge in [-0.05, 0) is 30.2 Å². The third kappa shape index (κ3) is 5.12. The Bertz CT molecular complexity index is 1040. The zero-order chi connectivity index (χ0) is 22.6. The van der Waals surface area contributed by atoms with Crippen molar-refractivity contribution >= 4 is 15.9 Å². The Hall–Kier alpha value is -2.46. The molecule has 4 rings (SSSR count). The Morgan fingerprint density at radius 3 is 2.59 bits per heavy atom. The molecule has 0 aliphatic carbocycles. The second-order valence-electron chi connectivity index (χ2n) is 8.06. The van der Waals surface area contributed by atoms with Crippen molar-refractivity contribution in [3.8, 4) is 5.75 Å². The zero-order valence-electron chi connectivity index (χ0n) is 18.2. The van der Waals surface area contributed by atoms with Crippen LogP contribution in [0.5, 0.6) is 5.75 Å². The lowest BCUT2D eigenvalue weighted by molar-refractivity contribution is 0.0729. The van der Waals surface area contributed by atoms with Gasteiger partial charge in [-0.2, -0.15) is 4.31 Å². The summed E-state index contributed by atoms with van der Waals surface area (Å²) in [6, 6.07) is 14.8. The van der Waals surface area contributed by atoms with Gasteiger partial charge in [-0.15, -0.1) is 0 Å². The number of methoxy groups -OCH3 is 1. The van der Waals surface area contributed by atoms with Gasteiger partial charge in [-0.25, -0.2) is 8.42 Å². The number of hydrogen-bond acceptors (Lipinski definition) is 6. The molecule has 2 heterocycles. The highest BCUT2D eigenvalue weighted by atomic mass is 32.2. The number of nitrogens with zero attached hydrogens (tertiary/aromatic N) is 2. The van der Waals surface area contributed by atoms with Crippen LogP contribution >= 0.6 is 0 Å². The average molecular weight is 460 g/mol. The lowest BCUT2D eigenvalue weighted by Gasteiger charge is -2.26. The molecule has 9 heteroatoms. The minimum atomic E-state index is -3.79. The molecular weight excluding hydrogens is 430 g/mol. The highest BCUT2D eigenvalue weighted by Crippen LogP contribution is 2.28. The van der Waals surface area contributed by atoms with E-state index >= 15 is 0 Å². The fraction of sp³-hybridized carbons (Fsp3) is 0.435. The molecule has 2 saturated heterocycles. The van der Waals surface area contributed by atoms with Crippen LogP contribution in [0.4, 0.5) is 0 Å². The number of benzene rings is 2. The van der Waals surface area contributed by atoms with Crippen LogP contribution in [0, 0.1) is 0 Å². The van der Waals surface area contributed by atoms with Gasteiger partial charge in [-0.1, -0.05) is 30.3 Å². The Labute approximate surface area is 189 Å². The predicted octanol–water partition coefficient (Wildman–Crippen LogP) is 1.72. The number of nitrogens with one attached hydrogen (secondary N) is 1.